The molecule has 1 aromatic rings. The van der Waals surface area contributed by atoms with Crippen LogP contribution in [0.15, 0.2) is 30.3 Å². The zero-order valence-electron chi connectivity index (χ0n) is 11.3. The van der Waals surface area contributed by atoms with Gasteiger partial charge in [0.15, 0.2) is 0 Å². The Balaban J connectivity index is 2.05. The van der Waals surface area contributed by atoms with Gasteiger partial charge in [0.25, 0.3) is 0 Å². The van der Waals surface area contributed by atoms with Crippen molar-refractivity contribution < 1.29 is 14.6 Å². The molecule has 1 saturated heterocycles. The van der Waals surface area contributed by atoms with Crippen molar-refractivity contribution in [2.45, 2.75) is 19.1 Å². The van der Waals surface area contributed by atoms with E-state index in [-0.39, 0.29) is 24.7 Å². The van der Waals surface area contributed by atoms with Crippen LogP contribution in [0.4, 0.5) is 0 Å². The maximum Gasteiger partial charge on any atom is 0.246 e. The average molecular weight is 296 g/mol. The summed E-state index contributed by atoms with van der Waals surface area (Å²) in [6.45, 7) is 2.69. The minimum Gasteiger partial charge on any atom is -0.394 e. The fraction of sp³-hybridized carbons (Fsp3) is 0.400. The zero-order valence-corrected chi connectivity index (χ0v) is 12.1. The van der Waals surface area contributed by atoms with Crippen LogP contribution in [0.1, 0.15) is 12.5 Å². The molecule has 1 heterocycles. The molecule has 1 N–H and O–H groups in total. The number of amides is 1. The highest BCUT2D eigenvalue weighted by Gasteiger charge is 2.27. The van der Waals surface area contributed by atoms with E-state index in [9.17, 15) is 4.79 Å². The van der Waals surface area contributed by atoms with Crippen LogP contribution in [0, 0.1) is 0 Å². The summed E-state index contributed by atoms with van der Waals surface area (Å²) in [5.41, 5.74) is 0.808. The van der Waals surface area contributed by atoms with E-state index in [1.807, 2.05) is 25.1 Å². The van der Waals surface area contributed by atoms with Crippen molar-refractivity contribution in [2.75, 3.05) is 19.8 Å². The number of aliphatic hydroxyl groups excluding tert-OH is 1. The predicted molar refractivity (Wildman–Crippen MR) is 78.5 cm³/mol. The van der Waals surface area contributed by atoms with Crippen molar-refractivity contribution in [3.8, 4) is 0 Å². The van der Waals surface area contributed by atoms with E-state index < -0.39 is 0 Å². The number of aliphatic hydroxyl groups is 1. The number of carbonyl (C=O) groups excluding carboxylic acids is 1. The van der Waals surface area contributed by atoms with Crippen LogP contribution in [0.3, 0.4) is 0 Å². The van der Waals surface area contributed by atoms with Gasteiger partial charge in [0.1, 0.15) is 0 Å². The van der Waals surface area contributed by atoms with Crippen LogP contribution in [0.25, 0.3) is 6.08 Å². The van der Waals surface area contributed by atoms with Crippen molar-refractivity contribution in [1.29, 1.82) is 0 Å². The summed E-state index contributed by atoms with van der Waals surface area (Å²) in [5, 5.41) is 9.73. The van der Waals surface area contributed by atoms with Crippen LogP contribution in [0.5, 0.6) is 0 Å². The van der Waals surface area contributed by atoms with Gasteiger partial charge in [0, 0.05) is 17.6 Å². The van der Waals surface area contributed by atoms with Crippen molar-refractivity contribution in [2.24, 2.45) is 0 Å². The molecule has 1 aliphatic rings. The number of ether oxygens (including phenoxy) is 1. The first-order valence-corrected chi connectivity index (χ1v) is 6.95. The summed E-state index contributed by atoms with van der Waals surface area (Å²) in [5.74, 6) is -0.0980. The van der Waals surface area contributed by atoms with Crippen molar-refractivity contribution in [3.63, 3.8) is 0 Å². The highest BCUT2D eigenvalue weighted by molar-refractivity contribution is 6.32. The smallest absolute Gasteiger partial charge is 0.246 e. The number of benzene rings is 1. The monoisotopic (exact) mass is 295 g/mol. The number of halogens is 1. The topological polar surface area (TPSA) is 49.8 Å². The van der Waals surface area contributed by atoms with Crippen molar-refractivity contribution in [1.82, 2.24) is 4.90 Å². The molecule has 2 unspecified atom stereocenters. The number of morpholine rings is 1. The van der Waals surface area contributed by atoms with E-state index in [0.717, 1.165) is 5.56 Å². The highest BCUT2D eigenvalue weighted by Crippen LogP contribution is 2.17. The number of hydrogen-bond acceptors (Lipinski definition) is 3. The molecule has 1 fully saturated rings. The van der Waals surface area contributed by atoms with Gasteiger partial charge in [-0.1, -0.05) is 29.8 Å². The van der Waals surface area contributed by atoms with Crippen molar-refractivity contribution in [3.05, 3.63) is 40.9 Å². The predicted octanol–water partition coefficient (Wildman–Crippen LogP) is 1.96. The molecule has 0 radical (unpaired) electrons. The van der Waals surface area contributed by atoms with Gasteiger partial charge in [-0.2, -0.15) is 0 Å². The number of hydrogen-bond donors (Lipinski definition) is 1. The van der Waals surface area contributed by atoms with Gasteiger partial charge in [-0.3, -0.25) is 4.79 Å². The third-order valence-electron chi connectivity index (χ3n) is 3.30. The standard InChI is InChI=1S/C15H18ClNO3/c1-11-10-20-13(9-18)8-17(11)15(19)7-6-12-4-2-3-5-14(12)16/h2-7,11,13,18H,8-10H2,1H3/b7-6+. The highest BCUT2D eigenvalue weighted by atomic mass is 35.5. The van der Waals surface area contributed by atoms with Gasteiger partial charge in [-0.25, -0.2) is 0 Å². The summed E-state index contributed by atoms with van der Waals surface area (Å²) >= 11 is 6.04. The molecular formula is C15H18ClNO3. The summed E-state index contributed by atoms with van der Waals surface area (Å²) < 4.78 is 5.41. The molecule has 2 atom stereocenters. The van der Waals surface area contributed by atoms with Crippen LogP contribution < -0.4 is 0 Å². The van der Waals surface area contributed by atoms with Gasteiger partial charge in [-0.15, -0.1) is 0 Å². The lowest BCUT2D eigenvalue weighted by atomic mass is 10.1. The molecule has 2 rings (SSSR count). The van der Waals surface area contributed by atoms with Crippen LogP contribution in [0.2, 0.25) is 5.02 Å². The molecule has 0 bridgehead atoms. The fourth-order valence-corrected chi connectivity index (χ4v) is 2.30. The number of nitrogens with zero attached hydrogens (tertiary/aromatic N) is 1. The zero-order chi connectivity index (χ0) is 14.5. The lowest BCUT2D eigenvalue weighted by Crippen LogP contribution is -2.51. The van der Waals surface area contributed by atoms with Crippen LogP contribution >= 0.6 is 11.6 Å². The van der Waals surface area contributed by atoms with E-state index >= 15 is 0 Å². The molecule has 1 amide bonds. The van der Waals surface area contributed by atoms with Crippen LogP contribution in [-0.4, -0.2) is 47.8 Å². The first kappa shape index (κ1) is 15.0. The van der Waals surface area contributed by atoms with Crippen LogP contribution in [-0.2, 0) is 9.53 Å². The SMILES string of the molecule is CC1COC(CO)CN1C(=O)/C=C/c1ccccc1Cl. The first-order valence-electron chi connectivity index (χ1n) is 6.57. The van der Waals surface area contributed by atoms with Gasteiger partial charge in [-0.05, 0) is 24.6 Å². The summed E-state index contributed by atoms with van der Waals surface area (Å²) in [4.78, 5) is 13.9. The summed E-state index contributed by atoms with van der Waals surface area (Å²) in [6.07, 6.45) is 2.92. The lowest BCUT2D eigenvalue weighted by molar-refractivity contribution is -0.140. The Morgan fingerprint density at radius 3 is 3.00 bits per heavy atom. The largest absolute Gasteiger partial charge is 0.394 e. The molecule has 0 saturated carbocycles. The average Bonchev–Trinajstić information content (AvgIpc) is 2.46. The van der Waals surface area contributed by atoms with E-state index in [1.165, 1.54) is 6.08 Å². The Labute approximate surface area is 123 Å². The molecule has 5 heteroatoms. The minimum absolute atomic E-state index is 0.00111. The van der Waals surface area contributed by atoms with Gasteiger partial charge >= 0.3 is 0 Å². The van der Waals surface area contributed by atoms with Crippen molar-refractivity contribution >= 4 is 23.6 Å². The fourth-order valence-electron chi connectivity index (χ4n) is 2.10. The van der Waals surface area contributed by atoms with Gasteiger partial charge in [0.05, 0.1) is 25.4 Å². The molecule has 0 aromatic heterocycles. The lowest BCUT2D eigenvalue weighted by Gasteiger charge is -2.36. The van der Waals surface area contributed by atoms with E-state index in [2.05, 4.69) is 0 Å². The molecule has 0 spiro atoms. The molecule has 20 heavy (non-hydrogen) atoms. The van der Waals surface area contributed by atoms with Gasteiger partial charge in [0.2, 0.25) is 5.91 Å². The Bertz CT molecular complexity index is 504. The first-order chi connectivity index (χ1) is 9.61. The molecule has 1 aromatic carbocycles. The quantitative estimate of drug-likeness (QED) is 0.867. The minimum atomic E-state index is -0.302. The molecular weight excluding hydrogens is 278 g/mol. The Morgan fingerprint density at radius 1 is 1.55 bits per heavy atom. The molecule has 1 aliphatic heterocycles. The van der Waals surface area contributed by atoms with E-state index in [1.54, 1.807) is 17.0 Å². The van der Waals surface area contributed by atoms with Gasteiger partial charge < -0.3 is 14.7 Å². The normalized spacial score (nSPS) is 23.2. The number of carbonyl (C=O) groups is 1. The molecule has 0 aliphatic carbocycles. The maximum absolute atomic E-state index is 12.2. The maximum atomic E-state index is 12.2. The second-order valence-electron chi connectivity index (χ2n) is 4.83. The third-order valence-corrected chi connectivity index (χ3v) is 3.65. The Morgan fingerprint density at radius 2 is 2.30 bits per heavy atom. The molecule has 108 valence electrons. The molecule has 4 nitrogen and oxygen atoms in total. The summed E-state index contributed by atoms with van der Waals surface area (Å²) in [7, 11) is 0. The third kappa shape index (κ3) is 3.60. The second-order valence-corrected chi connectivity index (χ2v) is 5.24. The van der Waals surface area contributed by atoms with E-state index in [0.29, 0.717) is 18.2 Å². The second kappa shape index (κ2) is 6.88. The Hall–Kier alpha value is -1.36. The summed E-state index contributed by atoms with van der Waals surface area (Å²) in [6, 6.07) is 7.35. The Kier molecular flexibility index (Phi) is 5.17. The van der Waals surface area contributed by atoms with E-state index in [4.69, 9.17) is 21.4 Å². The number of rotatable bonds is 3.